The fourth-order valence-corrected chi connectivity index (χ4v) is 1.89. The predicted molar refractivity (Wildman–Crippen MR) is 86.8 cm³/mol. The standard InChI is InChI=1S/C19H14N2O2/c1-14(22)17-9-7-15(8-10-17)5-3-11-21-19(23)18-6-2-4-16(12-18)13-20/h2,4,6-10,12H,11H2,1H3,(H,21,23). The van der Waals surface area contributed by atoms with Crippen LogP contribution in [-0.2, 0) is 0 Å². The van der Waals surface area contributed by atoms with Crippen molar-refractivity contribution in [3.8, 4) is 17.9 Å². The van der Waals surface area contributed by atoms with Crippen LogP contribution in [0.1, 0.15) is 38.8 Å². The molecule has 1 amide bonds. The Labute approximate surface area is 134 Å². The van der Waals surface area contributed by atoms with Crippen molar-refractivity contribution in [1.29, 1.82) is 5.26 Å². The van der Waals surface area contributed by atoms with Crippen molar-refractivity contribution in [1.82, 2.24) is 5.32 Å². The van der Waals surface area contributed by atoms with Gasteiger partial charge in [0.05, 0.1) is 18.2 Å². The molecule has 0 saturated carbocycles. The lowest BCUT2D eigenvalue weighted by molar-refractivity contribution is 0.0957. The number of Topliss-reactive ketones (excluding diaryl/α,β-unsaturated/α-hetero) is 1. The van der Waals surface area contributed by atoms with Gasteiger partial charge in [0.1, 0.15) is 0 Å². The minimum Gasteiger partial charge on any atom is -0.341 e. The van der Waals surface area contributed by atoms with Gasteiger partial charge in [-0.1, -0.05) is 30.0 Å². The van der Waals surface area contributed by atoms with Crippen LogP contribution in [0.4, 0.5) is 0 Å². The predicted octanol–water partition coefficient (Wildman–Crippen LogP) is 2.54. The van der Waals surface area contributed by atoms with Crippen LogP contribution in [0.5, 0.6) is 0 Å². The summed E-state index contributed by atoms with van der Waals surface area (Å²) in [5, 5.41) is 11.5. The van der Waals surface area contributed by atoms with Gasteiger partial charge in [-0.05, 0) is 37.3 Å². The van der Waals surface area contributed by atoms with E-state index in [9.17, 15) is 9.59 Å². The van der Waals surface area contributed by atoms with Crippen molar-refractivity contribution in [3.05, 3.63) is 70.8 Å². The number of benzene rings is 2. The SMILES string of the molecule is CC(=O)c1ccc(C#CCNC(=O)c2cccc(C#N)c2)cc1. The Kier molecular flexibility index (Phi) is 5.28. The number of carbonyl (C=O) groups excluding carboxylic acids is 2. The zero-order valence-corrected chi connectivity index (χ0v) is 12.6. The highest BCUT2D eigenvalue weighted by Crippen LogP contribution is 2.04. The highest BCUT2D eigenvalue weighted by Gasteiger charge is 2.04. The number of amides is 1. The first-order valence-corrected chi connectivity index (χ1v) is 6.98. The molecule has 0 radical (unpaired) electrons. The van der Waals surface area contributed by atoms with Gasteiger partial charge in [0, 0.05) is 16.7 Å². The summed E-state index contributed by atoms with van der Waals surface area (Å²) >= 11 is 0. The van der Waals surface area contributed by atoms with E-state index in [2.05, 4.69) is 17.2 Å². The van der Waals surface area contributed by atoms with E-state index in [1.165, 1.54) is 13.0 Å². The van der Waals surface area contributed by atoms with E-state index in [0.717, 1.165) is 5.56 Å². The Balaban J connectivity index is 1.93. The normalized spacial score (nSPS) is 9.22. The Bertz CT molecular complexity index is 834. The lowest BCUT2D eigenvalue weighted by Gasteiger charge is -2.01. The smallest absolute Gasteiger partial charge is 0.252 e. The minimum atomic E-state index is -0.275. The van der Waals surface area contributed by atoms with Gasteiger partial charge in [0.2, 0.25) is 0 Å². The third-order valence-corrected chi connectivity index (χ3v) is 3.12. The fraction of sp³-hybridized carbons (Fsp3) is 0.105. The molecule has 0 fully saturated rings. The average Bonchev–Trinajstić information content (AvgIpc) is 2.59. The minimum absolute atomic E-state index is 0.0105. The maximum Gasteiger partial charge on any atom is 0.252 e. The Morgan fingerprint density at radius 2 is 1.78 bits per heavy atom. The van der Waals surface area contributed by atoms with Crippen LogP contribution in [0.3, 0.4) is 0 Å². The van der Waals surface area contributed by atoms with Crippen molar-refractivity contribution in [2.45, 2.75) is 6.92 Å². The van der Waals surface area contributed by atoms with Crippen LogP contribution in [-0.4, -0.2) is 18.2 Å². The van der Waals surface area contributed by atoms with Crippen LogP contribution in [0.2, 0.25) is 0 Å². The van der Waals surface area contributed by atoms with E-state index < -0.39 is 0 Å². The molecule has 2 aromatic carbocycles. The second kappa shape index (κ2) is 7.59. The highest BCUT2D eigenvalue weighted by molar-refractivity contribution is 5.95. The van der Waals surface area contributed by atoms with Gasteiger partial charge in [-0.3, -0.25) is 9.59 Å². The summed E-state index contributed by atoms with van der Waals surface area (Å²) in [6.07, 6.45) is 0. The molecule has 0 aromatic heterocycles. The zero-order valence-electron chi connectivity index (χ0n) is 12.6. The topological polar surface area (TPSA) is 70.0 Å². The third-order valence-electron chi connectivity index (χ3n) is 3.12. The zero-order chi connectivity index (χ0) is 16.7. The Morgan fingerprint density at radius 1 is 1.04 bits per heavy atom. The number of nitrogens with zero attached hydrogens (tertiary/aromatic N) is 1. The Hall–Kier alpha value is -3.37. The molecular weight excluding hydrogens is 288 g/mol. The molecule has 0 atom stereocenters. The fourth-order valence-electron chi connectivity index (χ4n) is 1.89. The van der Waals surface area contributed by atoms with E-state index in [1.807, 2.05) is 6.07 Å². The molecule has 0 heterocycles. The number of nitriles is 1. The molecule has 0 spiro atoms. The first kappa shape index (κ1) is 16.0. The van der Waals surface area contributed by atoms with Crippen molar-refractivity contribution in [2.24, 2.45) is 0 Å². The summed E-state index contributed by atoms with van der Waals surface area (Å²) in [7, 11) is 0. The molecule has 0 aliphatic carbocycles. The molecule has 112 valence electrons. The quantitative estimate of drug-likeness (QED) is 0.699. The largest absolute Gasteiger partial charge is 0.341 e. The summed E-state index contributed by atoms with van der Waals surface area (Å²) in [4.78, 5) is 23.1. The van der Waals surface area contributed by atoms with Crippen LogP contribution in [0, 0.1) is 23.2 Å². The number of ketones is 1. The summed E-state index contributed by atoms with van der Waals surface area (Å²) in [6, 6.07) is 15.4. The molecular formula is C19H14N2O2. The molecule has 0 bridgehead atoms. The van der Waals surface area contributed by atoms with Crippen LogP contribution >= 0.6 is 0 Å². The summed E-state index contributed by atoms with van der Waals surface area (Å²) < 4.78 is 0. The molecule has 23 heavy (non-hydrogen) atoms. The van der Waals surface area contributed by atoms with E-state index in [-0.39, 0.29) is 18.2 Å². The molecule has 4 nitrogen and oxygen atoms in total. The number of carbonyl (C=O) groups is 2. The van der Waals surface area contributed by atoms with Gasteiger partial charge in [0.25, 0.3) is 5.91 Å². The highest BCUT2D eigenvalue weighted by atomic mass is 16.1. The summed E-state index contributed by atoms with van der Waals surface area (Å²) in [6.45, 7) is 1.71. The van der Waals surface area contributed by atoms with E-state index in [4.69, 9.17) is 5.26 Å². The summed E-state index contributed by atoms with van der Waals surface area (Å²) in [5.74, 6) is 5.50. The van der Waals surface area contributed by atoms with Gasteiger partial charge in [0.15, 0.2) is 5.78 Å². The maximum absolute atomic E-state index is 11.9. The molecule has 0 aliphatic heterocycles. The van der Waals surface area contributed by atoms with E-state index >= 15 is 0 Å². The van der Waals surface area contributed by atoms with E-state index in [0.29, 0.717) is 16.7 Å². The maximum atomic E-state index is 11.9. The van der Waals surface area contributed by atoms with Crippen LogP contribution in [0.15, 0.2) is 48.5 Å². The molecule has 4 heteroatoms. The summed E-state index contributed by atoms with van der Waals surface area (Å²) in [5.41, 5.74) is 2.28. The lowest BCUT2D eigenvalue weighted by Crippen LogP contribution is -2.23. The second-order valence-electron chi connectivity index (χ2n) is 4.81. The number of rotatable bonds is 3. The molecule has 2 aromatic rings. The van der Waals surface area contributed by atoms with E-state index in [1.54, 1.807) is 42.5 Å². The Morgan fingerprint density at radius 3 is 2.43 bits per heavy atom. The van der Waals surface area contributed by atoms with Gasteiger partial charge in [-0.2, -0.15) is 5.26 Å². The van der Waals surface area contributed by atoms with Gasteiger partial charge in [-0.15, -0.1) is 0 Å². The third kappa shape index (κ3) is 4.56. The molecule has 0 aliphatic rings. The molecule has 2 rings (SSSR count). The second-order valence-corrected chi connectivity index (χ2v) is 4.81. The first-order chi connectivity index (χ1) is 11.1. The number of hydrogen-bond acceptors (Lipinski definition) is 3. The lowest BCUT2D eigenvalue weighted by atomic mass is 10.1. The van der Waals surface area contributed by atoms with Crippen molar-refractivity contribution < 1.29 is 9.59 Å². The average molecular weight is 302 g/mol. The van der Waals surface area contributed by atoms with Crippen molar-refractivity contribution >= 4 is 11.7 Å². The monoisotopic (exact) mass is 302 g/mol. The van der Waals surface area contributed by atoms with Gasteiger partial charge >= 0.3 is 0 Å². The van der Waals surface area contributed by atoms with Gasteiger partial charge in [-0.25, -0.2) is 0 Å². The van der Waals surface area contributed by atoms with Crippen LogP contribution in [0.25, 0.3) is 0 Å². The van der Waals surface area contributed by atoms with Gasteiger partial charge < -0.3 is 5.32 Å². The molecule has 1 N–H and O–H groups in total. The number of hydrogen-bond donors (Lipinski definition) is 1. The first-order valence-electron chi connectivity index (χ1n) is 6.98. The molecule has 0 saturated heterocycles. The van der Waals surface area contributed by atoms with Crippen molar-refractivity contribution in [2.75, 3.05) is 6.54 Å². The molecule has 0 unspecified atom stereocenters. The number of nitrogens with one attached hydrogen (secondary N) is 1. The van der Waals surface area contributed by atoms with Crippen LogP contribution < -0.4 is 5.32 Å². The van der Waals surface area contributed by atoms with Crippen molar-refractivity contribution in [3.63, 3.8) is 0 Å².